The summed E-state index contributed by atoms with van der Waals surface area (Å²) in [5, 5.41) is 3.12. The predicted octanol–water partition coefficient (Wildman–Crippen LogP) is 1.82. The summed E-state index contributed by atoms with van der Waals surface area (Å²) in [7, 11) is 1.64. The number of benzene rings is 1. The van der Waals surface area contributed by atoms with Gasteiger partial charge in [-0.2, -0.15) is 0 Å². The Bertz CT molecular complexity index is 369. The minimum absolute atomic E-state index is 0.544. The molecule has 1 rings (SSSR count). The molecule has 0 saturated carbocycles. The zero-order valence-electron chi connectivity index (χ0n) is 9.75. The molecule has 16 heavy (non-hydrogen) atoms. The zero-order chi connectivity index (χ0) is 11.8. The summed E-state index contributed by atoms with van der Waals surface area (Å²) in [5.74, 6) is 4.07. The van der Waals surface area contributed by atoms with Gasteiger partial charge in [-0.3, -0.25) is 0 Å². The molecule has 0 spiro atoms. The average Bonchev–Trinajstić information content (AvgIpc) is 2.30. The number of rotatable bonds is 6. The highest BCUT2D eigenvalue weighted by molar-refractivity contribution is 5.46. The Morgan fingerprint density at radius 2 is 2.25 bits per heavy atom. The molecular formula is C13H17NO2. The molecule has 1 aromatic carbocycles. The summed E-state index contributed by atoms with van der Waals surface area (Å²) in [6.45, 7) is 3.79. The van der Waals surface area contributed by atoms with Crippen LogP contribution in [0.2, 0.25) is 0 Å². The van der Waals surface area contributed by atoms with Gasteiger partial charge in [0.05, 0.1) is 20.3 Å². The maximum atomic E-state index is 5.48. The Hall–Kier alpha value is -1.66. The van der Waals surface area contributed by atoms with Crippen LogP contribution in [0.3, 0.4) is 0 Å². The fourth-order valence-corrected chi connectivity index (χ4v) is 1.47. The van der Waals surface area contributed by atoms with Crippen molar-refractivity contribution in [2.75, 3.05) is 20.3 Å². The van der Waals surface area contributed by atoms with Gasteiger partial charge in [0.2, 0.25) is 0 Å². The first kappa shape index (κ1) is 12.4. The van der Waals surface area contributed by atoms with E-state index in [-0.39, 0.29) is 0 Å². The van der Waals surface area contributed by atoms with Crippen LogP contribution in [0.1, 0.15) is 12.5 Å². The van der Waals surface area contributed by atoms with Crippen molar-refractivity contribution in [3.8, 4) is 23.8 Å². The highest BCUT2D eigenvalue weighted by Gasteiger charge is 2.08. The second-order valence-electron chi connectivity index (χ2n) is 3.19. The molecule has 0 bridgehead atoms. The van der Waals surface area contributed by atoms with Gasteiger partial charge in [0.25, 0.3) is 0 Å². The lowest BCUT2D eigenvalue weighted by Gasteiger charge is -2.13. The number of hydrogen-bond acceptors (Lipinski definition) is 3. The molecule has 0 unspecified atom stereocenters. The summed E-state index contributed by atoms with van der Waals surface area (Å²) in [6, 6.07) is 5.83. The molecule has 0 atom stereocenters. The lowest BCUT2D eigenvalue weighted by molar-refractivity contribution is 0.309. The molecule has 0 aliphatic rings. The van der Waals surface area contributed by atoms with Gasteiger partial charge in [-0.05, 0) is 13.0 Å². The van der Waals surface area contributed by atoms with Gasteiger partial charge >= 0.3 is 0 Å². The minimum atomic E-state index is 0.544. The van der Waals surface area contributed by atoms with Crippen LogP contribution in [0, 0.1) is 12.3 Å². The van der Waals surface area contributed by atoms with Crippen molar-refractivity contribution >= 4 is 0 Å². The van der Waals surface area contributed by atoms with E-state index in [9.17, 15) is 0 Å². The molecule has 86 valence electrons. The Morgan fingerprint density at radius 3 is 2.88 bits per heavy atom. The molecule has 3 heteroatoms. The van der Waals surface area contributed by atoms with Gasteiger partial charge in [-0.15, -0.1) is 6.42 Å². The second kappa shape index (κ2) is 6.76. The molecule has 1 aromatic rings. The Morgan fingerprint density at radius 1 is 1.44 bits per heavy atom. The predicted molar refractivity (Wildman–Crippen MR) is 64.7 cm³/mol. The van der Waals surface area contributed by atoms with Crippen molar-refractivity contribution in [1.82, 2.24) is 5.32 Å². The van der Waals surface area contributed by atoms with Gasteiger partial charge in [0.15, 0.2) is 11.5 Å². The van der Waals surface area contributed by atoms with E-state index in [2.05, 4.69) is 11.2 Å². The van der Waals surface area contributed by atoms with Crippen LogP contribution in [0.15, 0.2) is 18.2 Å². The Kier molecular flexibility index (Phi) is 5.24. The quantitative estimate of drug-likeness (QED) is 0.584. The standard InChI is InChI=1S/C13H17NO2/c1-4-9-14-10-11-7-6-8-12(16-5-2)13(11)15-3/h1,6-8,14H,5,9-10H2,2-3H3. The van der Waals surface area contributed by atoms with Gasteiger partial charge in [-0.25, -0.2) is 0 Å². The third kappa shape index (κ3) is 3.18. The van der Waals surface area contributed by atoms with E-state index in [0.29, 0.717) is 19.7 Å². The molecule has 3 nitrogen and oxygen atoms in total. The molecule has 0 aliphatic heterocycles. The van der Waals surface area contributed by atoms with E-state index in [4.69, 9.17) is 15.9 Å². The lowest BCUT2D eigenvalue weighted by atomic mass is 10.2. The lowest BCUT2D eigenvalue weighted by Crippen LogP contribution is -2.14. The summed E-state index contributed by atoms with van der Waals surface area (Å²) in [6.07, 6.45) is 5.17. The van der Waals surface area contributed by atoms with Gasteiger partial charge < -0.3 is 14.8 Å². The zero-order valence-corrected chi connectivity index (χ0v) is 9.75. The van der Waals surface area contributed by atoms with Crippen molar-refractivity contribution in [1.29, 1.82) is 0 Å². The maximum absolute atomic E-state index is 5.48. The average molecular weight is 219 g/mol. The summed E-state index contributed by atoms with van der Waals surface area (Å²) >= 11 is 0. The molecular weight excluding hydrogens is 202 g/mol. The number of hydrogen-bond donors (Lipinski definition) is 1. The van der Waals surface area contributed by atoms with Crippen molar-refractivity contribution in [2.45, 2.75) is 13.5 Å². The molecule has 0 fully saturated rings. The van der Waals surface area contributed by atoms with E-state index in [0.717, 1.165) is 17.1 Å². The molecule has 0 aromatic heterocycles. The number of para-hydroxylation sites is 1. The topological polar surface area (TPSA) is 30.5 Å². The summed E-state index contributed by atoms with van der Waals surface area (Å²) in [5.41, 5.74) is 1.05. The molecule has 0 aliphatic carbocycles. The van der Waals surface area contributed by atoms with Crippen LogP contribution in [0.4, 0.5) is 0 Å². The van der Waals surface area contributed by atoms with E-state index >= 15 is 0 Å². The second-order valence-corrected chi connectivity index (χ2v) is 3.19. The van der Waals surface area contributed by atoms with Crippen LogP contribution >= 0.6 is 0 Å². The molecule has 0 amide bonds. The summed E-state index contributed by atoms with van der Waals surface area (Å²) < 4.78 is 10.8. The van der Waals surface area contributed by atoms with Crippen molar-refractivity contribution in [3.63, 3.8) is 0 Å². The third-order valence-electron chi connectivity index (χ3n) is 2.11. The van der Waals surface area contributed by atoms with E-state index in [1.54, 1.807) is 7.11 Å². The molecule has 0 radical (unpaired) electrons. The highest BCUT2D eigenvalue weighted by atomic mass is 16.5. The fourth-order valence-electron chi connectivity index (χ4n) is 1.47. The summed E-state index contributed by atoms with van der Waals surface area (Å²) in [4.78, 5) is 0. The first-order chi connectivity index (χ1) is 7.83. The van der Waals surface area contributed by atoms with Crippen LogP contribution < -0.4 is 14.8 Å². The Labute approximate surface area is 96.8 Å². The number of terminal acetylenes is 1. The molecule has 0 saturated heterocycles. The fraction of sp³-hybridized carbons (Fsp3) is 0.385. The van der Waals surface area contributed by atoms with Crippen LogP contribution in [-0.4, -0.2) is 20.3 Å². The molecule has 0 heterocycles. The van der Waals surface area contributed by atoms with Crippen molar-refractivity contribution in [3.05, 3.63) is 23.8 Å². The normalized spacial score (nSPS) is 9.56. The van der Waals surface area contributed by atoms with Gasteiger partial charge in [0, 0.05) is 12.1 Å². The monoisotopic (exact) mass is 219 g/mol. The molecule has 1 N–H and O–H groups in total. The van der Waals surface area contributed by atoms with Crippen molar-refractivity contribution < 1.29 is 9.47 Å². The smallest absolute Gasteiger partial charge is 0.165 e. The number of methoxy groups -OCH3 is 1. The highest BCUT2D eigenvalue weighted by Crippen LogP contribution is 2.30. The SMILES string of the molecule is C#CCNCc1cccc(OCC)c1OC. The first-order valence-corrected chi connectivity index (χ1v) is 5.26. The van der Waals surface area contributed by atoms with Crippen LogP contribution in [0.5, 0.6) is 11.5 Å². The van der Waals surface area contributed by atoms with E-state index < -0.39 is 0 Å². The maximum Gasteiger partial charge on any atom is 0.165 e. The van der Waals surface area contributed by atoms with Crippen LogP contribution in [-0.2, 0) is 6.54 Å². The Balaban J connectivity index is 2.82. The van der Waals surface area contributed by atoms with Gasteiger partial charge in [-0.1, -0.05) is 18.1 Å². The van der Waals surface area contributed by atoms with E-state index in [1.165, 1.54) is 0 Å². The van der Waals surface area contributed by atoms with E-state index in [1.807, 2.05) is 25.1 Å². The minimum Gasteiger partial charge on any atom is -0.493 e. The number of ether oxygens (including phenoxy) is 2. The van der Waals surface area contributed by atoms with Crippen LogP contribution in [0.25, 0.3) is 0 Å². The third-order valence-corrected chi connectivity index (χ3v) is 2.11. The first-order valence-electron chi connectivity index (χ1n) is 5.26. The largest absolute Gasteiger partial charge is 0.493 e. The van der Waals surface area contributed by atoms with Gasteiger partial charge in [0.1, 0.15) is 0 Å². The number of nitrogens with one attached hydrogen (secondary N) is 1. The van der Waals surface area contributed by atoms with Crippen molar-refractivity contribution in [2.24, 2.45) is 0 Å².